The van der Waals surface area contributed by atoms with Crippen LogP contribution in [0.2, 0.25) is 0 Å². The van der Waals surface area contributed by atoms with Crippen LogP contribution in [0, 0.1) is 11.8 Å². The molecule has 0 aliphatic carbocycles. The molecule has 3 nitrogen and oxygen atoms in total. The monoisotopic (exact) mass is 267 g/mol. The van der Waals surface area contributed by atoms with E-state index in [9.17, 15) is 0 Å². The van der Waals surface area contributed by atoms with Gasteiger partial charge in [-0.15, -0.1) is 0 Å². The third-order valence-electron chi connectivity index (χ3n) is 4.96. The lowest BCUT2D eigenvalue weighted by atomic mass is 9.96. The molecule has 0 spiro atoms. The SMILES string of the molecule is CC1CN(CC2CCN(C(C)C)C2)C(C(C)C)CN1. The molecule has 0 radical (unpaired) electrons. The highest BCUT2D eigenvalue weighted by Crippen LogP contribution is 2.23. The van der Waals surface area contributed by atoms with Crippen LogP contribution < -0.4 is 5.32 Å². The van der Waals surface area contributed by atoms with E-state index in [0.717, 1.165) is 17.9 Å². The van der Waals surface area contributed by atoms with Gasteiger partial charge >= 0.3 is 0 Å². The van der Waals surface area contributed by atoms with Gasteiger partial charge in [-0.05, 0) is 45.6 Å². The van der Waals surface area contributed by atoms with Gasteiger partial charge in [0.15, 0.2) is 0 Å². The lowest BCUT2D eigenvalue weighted by molar-refractivity contribution is 0.0854. The van der Waals surface area contributed by atoms with E-state index in [1.807, 2.05) is 0 Å². The molecule has 0 aromatic carbocycles. The highest BCUT2D eigenvalue weighted by Gasteiger charge is 2.32. The summed E-state index contributed by atoms with van der Waals surface area (Å²) in [4.78, 5) is 5.40. The van der Waals surface area contributed by atoms with Crippen molar-refractivity contribution in [2.75, 3.05) is 32.7 Å². The zero-order valence-corrected chi connectivity index (χ0v) is 13.5. The second-order valence-corrected chi connectivity index (χ2v) is 7.32. The molecular weight excluding hydrogens is 234 g/mol. The number of hydrogen-bond donors (Lipinski definition) is 1. The first-order chi connectivity index (χ1) is 8.97. The van der Waals surface area contributed by atoms with E-state index in [1.165, 1.54) is 39.1 Å². The van der Waals surface area contributed by atoms with Crippen LogP contribution in [0.15, 0.2) is 0 Å². The molecule has 3 unspecified atom stereocenters. The van der Waals surface area contributed by atoms with Crippen molar-refractivity contribution >= 4 is 0 Å². The van der Waals surface area contributed by atoms with Gasteiger partial charge in [0.2, 0.25) is 0 Å². The van der Waals surface area contributed by atoms with Crippen LogP contribution in [-0.2, 0) is 0 Å². The lowest BCUT2D eigenvalue weighted by Crippen LogP contribution is -2.58. The van der Waals surface area contributed by atoms with Gasteiger partial charge in [0.25, 0.3) is 0 Å². The fourth-order valence-electron chi connectivity index (χ4n) is 3.68. The summed E-state index contributed by atoms with van der Waals surface area (Å²) in [5, 5.41) is 3.64. The Labute approximate surface area is 119 Å². The Balaban J connectivity index is 1.89. The van der Waals surface area contributed by atoms with Crippen molar-refractivity contribution in [1.82, 2.24) is 15.1 Å². The molecule has 2 saturated heterocycles. The molecule has 2 rings (SSSR count). The van der Waals surface area contributed by atoms with Gasteiger partial charge in [0, 0.05) is 44.3 Å². The molecule has 0 aromatic heterocycles. The van der Waals surface area contributed by atoms with E-state index in [2.05, 4.69) is 49.7 Å². The lowest BCUT2D eigenvalue weighted by Gasteiger charge is -2.42. The molecule has 0 saturated carbocycles. The number of hydrogen-bond acceptors (Lipinski definition) is 3. The summed E-state index contributed by atoms with van der Waals surface area (Å²) in [6.45, 7) is 18.0. The first-order valence-electron chi connectivity index (χ1n) is 8.18. The van der Waals surface area contributed by atoms with Crippen LogP contribution in [0.5, 0.6) is 0 Å². The van der Waals surface area contributed by atoms with Crippen LogP contribution in [-0.4, -0.2) is 60.6 Å². The predicted octanol–water partition coefficient (Wildman–Crippen LogP) is 2.03. The molecule has 0 bridgehead atoms. The third-order valence-corrected chi connectivity index (χ3v) is 4.96. The first-order valence-corrected chi connectivity index (χ1v) is 8.18. The molecule has 0 amide bonds. The number of rotatable bonds is 4. The summed E-state index contributed by atoms with van der Waals surface area (Å²) >= 11 is 0. The normalized spacial score (nSPS) is 34.6. The van der Waals surface area contributed by atoms with Crippen molar-refractivity contribution in [2.24, 2.45) is 11.8 Å². The minimum Gasteiger partial charge on any atom is -0.311 e. The van der Waals surface area contributed by atoms with Gasteiger partial charge in [-0.2, -0.15) is 0 Å². The largest absolute Gasteiger partial charge is 0.311 e. The zero-order chi connectivity index (χ0) is 14.0. The summed E-state index contributed by atoms with van der Waals surface area (Å²) in [7, 11) is 0. The quantitative estimate of drug-likeness (QED) is 0.841. The predicted molar refractivity (Wildman–Crippen MR) is 82.5 cm³/mol. The Kier molecular flexibility index (Phi) is 5.27. The second kappa shape index (κ2) is 6.55. The minimum absolute atomic E-state index is 0.651. The zero-order valence-electron chi connectivity index (χ0n) is 13.5. The van der Waals surface area contributed by atoms with E-state index in [4.69, 9.17) is 0 Å². The third kappa shape index (κ3) is 3.93. The summed E-state index contributed by atoms with van der Waals surface area (Å²) in [6.07, 6.45) is 1.39. The van der Waals surface area contributed by atoms with Crippen molar-refractivity contribution < 1.29 is 0 Å². The van der Waals surface area contributed by atoms with Gasteiger partial charge in [0.1, 0.15) is 0 Å². The van der Waals surface area contributed by atoms with Gasteiger partial charge in [-0.25, -0.2) is 0 Å². The summed E-state index contributed by atoms with van der Waals surface area (Å²) in [5.41, 5.74) is 0. The van der Waals surface area contributed by atoms with Crippen LogP contribution >= 0.6 is 0 Å². The Bertz CT molecular complexity index is 277. The second-order valence-electron chi connectivity index (χ2n) is 7.32. The Morgan fingerprint density at radius 3 is 2.47 bits per heavy atom. The summed E-state index contributed by atoms with van der Waals surface area (Å²) in [5.74, 6) is 1.64. The average molecular weight is 267 g/mol. The van der Waals surface area contributed by atoms with Crippen molar-refractivity contribution in [2.45, 2.75) is 59.2 Å². The maximum Gasteiger partial charge on any atom is 0.0244 e. The van der Waals surface area contributed by atoms with Gasteiger partial charge in [-0.1, -0.05) is 13.8 Å². The Morgan fingerprint density at radius 2 is 1.89 bits per heavy atom. The molecule has 2 aliphatic heterocycles. The molecule has 19 heavy (non-hydrogen) atoms. The molecule has 3 atom stereocenters. The molecule has 2 aliphatic rings. The fraction of sp³-hybridized carbons (Fsp3) is 1.00. The maximum atomic E-state index is 3.64. The van der Waals surface area contributed by atoms with Gasteiger partial charge < -0.3 is 10.2 Å². The van der Waals surface area contributed by atoms with Crippen molar-refractivity contribution in [3.8, 4) is 0 Å². The van der Waals surface area contributed by atoms with Crippen molar-refractivity contribution in [3.63, 3.8) is 0 Å². The average Bonchev–Trinajstić information content (AvgIpc) is 2.77. The minimum atomic E-state index is 0.651. The van der Waals surface area contributed by atoms with E-state index in [1.54, 1.807) is 0 Å². The topological polar surface area (TPSA) is 18.5 Å². The molecule has 0 aromatic rings. The number of nitrogens with one attached hydrogen (secondary N) is 1. The molecule has 2 heterocycles. The molecule has 1 N–H and O–H groups in total. The van der Waals surface area contributed by atoms with Crippen LogP contribution in [0.3, 0.4) is 0 Å². The molecule has 2 fully saturated rings. The van der Waals surface area contributed by atoms with Crippen molar-refractivity contribution in [1.29, 1.82) is 0 Å². The summed E-state index contributed by atoms with van der Waals surface area (Å²) < 4.78 is 0. The highest BCUT2D eigenvalue weighted by atomic mass is 15.2. The molecule has 112 valence electrons. The standard InChI is InChI=1S/C16H33N3/c1-12(2)16-8-17-14(5)9-19(16)11-15-6-7-18(10-15)13(3)4/h12-17H,6-11H2,1-5H3. The van der Waals surface area contributed by atoms with Gasteiger partial charge in [0.05, 0.1) is 0 Å². The smallest absolute Gasteiger partial charge is 0.0244 e. The van der Waals surface area contributed by atoms with Crippen molar-refractivity contribution in [3.05, 3.63) is 0 Å². The summed E-state index contributed by atoms with van der Waals surface area (Å²) in [6, 6.07) is 2.09. The van der Waals surface area contributed by atoms with E-state index >= 15 is 0 Å². The van der Waals surface area contributed by atoms with E-state index in [-0.39, 0.29) is 0 Å². The number of nitrogens with zero attached hydrogens (tertiary/aromatic N) is 2. The highest BCUT2D eigenvalue weighted by molar-refractivity contribution is 4.89. The fourth-order valence-corrected chi connectivity index (χ4v) is 3.68. The molecular formula is C16H33N3. The van der Waals surface area contributed by atoms with Gasteiger partial charge in [-0.3, -0.25) is 4.90 Å². The Hall–Kier alpha value is -0.120. The number of likely N-dealkylation sites (tertiary alicyclic amines) is 1. The van der Waals surface area contributed by atoms with Crippen LogP contribution in [0.1, 0.15) is 41.0 Å². The van der Waals surface area contributed by atoms with Crippen LogP contribution in [0.4, 0.5) is 0 Å². The maximum absolute atomic E-state index is 3.64. The van der Waals surface area contributed by atoms with E-state index in [0.29, 0.717) is 12.1 Å². The Morgan fingerprint density at radius 1 is 1.16 bits per heavy atom. The van der Waals surface area contributed by atoms with Crippen LogP contribution in [0.25, 0.3) is 0 Å². The van der Waals surface area contributed by atoms with E-state index < -0.39 is 0 Å². The molecule has 3 heteroatoms. The first kappa shape index (κ1) is 15.3. The number of piperazine rings is 1.